The minimum Gasteiger partial charge on any atom is -0.443 e. The Bertz CT molecular complexity index is 1270. The van der Waals surface area contributed by atoms with Crippen molar-refractivity contribution in [2.75, 3.05) is 13.1 Å². The molecule has 0 N–H and O–H groups in total. The maximum absolute atomic E-state index is 14.2. The number of rotatable bonds is 4. The van der Waals surface area contributed by atoms with Crippen LogP contribution in [0.15, 0.2) is 47.5 Å². The summed E-state index contributed by atoms with van der Waals surface area (Å²) in [4.78, 5) is 33.6. The second-order valence-electron chi connectivity index (χ2n) is 10.9. The van der Waals surface area contributed by atoms with Crippen LogP contribution < -0.4 is 0 Å². The molecule has 2 atom stereocenters. The number of hydrogen-bond donors (Lipinski definition) is 0. The summed E-state index contributed by atoms with van der Waals surface area (Å²) in [6.07, 6.45) is 4.63. The number of carbonyl (C=O) groups excluding carboxylic acids is 2. The first kappa shape index (κ1) is 25.1. The van der Waals surface area contributed by atoms with E-state index >= 15 is 0 Å². The van der Waals surface area contributed by atoms with Gasteiger partial charge in [0.05, 0.1) is 0 Å². The molecule has 2 aromatic rings. The molecule has 0 radical (unpaired) electrons. The fourth-order valence-electron chi connectivity index (χ4n) is 6.32. The maximum Gasteiger partial charge on any atom is 0.419 e. The van der Waals surface area contributed by atoms with Crippen molar-refractivity contribution in [1.29, 1.82) is 0 Å². The average Bonchev–Trinajstić information content (AvgIpc) is 3.56. The van der Waals surface area contributed by atoms with Crippen molar-refractivity contribution < 1.29 is 27.5 Å². The van der Waals surface area contributed by atoms with Crippen molar-refractivity contribution in [3.8, 4) is 0 Å². The van der Waals surface area contributed by atoms with Gasteiger partial charge in [-0.2, -0.15) is 0 Å². The number of aliphatic imine (C=N–C) groups is 1. The number of amides is 3. The first-order chi connectivity index (χ1) is 18.4. The number of ether oxygens (including phenoxy) is 1. The van der Waals surface area contributed by atoms with Crippen LogP contribution in [0.4, 0.5) is 22.8 Å². The van der Waals surface area contributed by atoms with Gasteiger partial charge in [0.25, 0.3) is 0 Å². The summed E-state index contributed by atoms with van der Waals surface area (Å²) in [5, 5.41) is 0. The maximum atomic E-state index is 14.2. The van der Waals surface area contributed by atoms with Gasteiger partial charge in [0.1, 0.15) is 18.0 Å². The molecule has 3 amide bonds. The molecule has 6 rings (SSSR count). The fourth-order valence-corrected chi connectivity index (χ4v) is 6.32. The number of cyclic esters (lactones) is 1. The largest absolute Gasteiger partial charge is 0.443 e. The van der Waals surface area contributed by atoms with Crippen molar-refractivity contribution in [3.63, 3.8) is 0 Å². The highest BCUT2D eigenvalue weighted by atomic mass is 19.2. The third kappa shape index (κ3) is 4.84. The van der Waals surface area contributed by atoms with Crippen LogP contribution in [0, 0.1) is 23.4 Å². The lowest BCUT2D eigenvalue weighted by atomic mass is 9.81. The number of carbonyl (C=O) groups is 2. The fraction of sp³-hybridized carbons (Fsp3) is 0.483. The Labute approximate surface area is 219 Å². The van der Waals surface area contributed by atoms with Gasteiger partial charge in [-0.3, -0.25) is 4.90 Å². The zero-order valence-electron chi connectivity index (χ0n) is 21.0. The van der Waals surface area contributed by atoms with Gasteiger partial charge in [-0.1, -0.05) is 24.3 Å². The minimum absolute atomic E-state index is 0.0870. The van der Waals surface area contributed by atoms with Crippen molar-refractivity contribution in [2.24, 2.45) is 10.9 Å². The third-order valence-electron chi connectivity index (χ3n) is 8.49. The van der Waals surface area contributed by atoms with Gasteiger partial charge in [-0.25, -0.2) is 32.7 Å². The molecule has 6 nitrogen and oxygen atoms in total. The molecule has 4 aliphatic rings. The van der Waals surface area contributed by atoms with Gasteiger partial charge in [0, 0.05) is 31.3 Å². The Morgan fingerprint density at radius 3 is 2.39 bits per heavy atom. The highest BCUT2D eigenvalue weighted by molar-refractivity contribution is 6.02. The lowest BCUT2D eigenvalue weighted by Crippen LogP contribution is -2.37. The molecule has 2 aliphatic heterocycles. The molecule has 0 bridgehead atoms. The number of likely N-dealkylation sites (tertiary alicyclic amines) is 1. The van der Waals surface area contributed by atoms with E-state index in [0.29, 0.717) is 30.3 Å². The minimum atomic E-state index is -1.04. The molecule has 0 aromatic heterocycles. The monoisotopic (exact) mass is 525 g/mol. The van der Waals surface area contributed by atoms with Crippen LogP contribution in [0.1, 0.15) is 68.0 Å². The zero-order chi connectivity index (χ0) is 26.4. The molecule has 2 unspecified atom stereocenters. The second kappa shape index (κ2) is 10.2. The molecule has 200 valence electrons. The van der Waals surface area contributed by atoms with Gasteiger partial charge in [-0.15, -0.1) is 0 Å². The molecule has 9 heteroatoms. The highest BCUT2D eigenvalue weighted by Gasteiger charge is 2.52. The first-order valence-electron chi connectivity index (χ1n) is 13.4. The van der Waals surface area contributed by atoms with E-state index in [9.17, 15) is 22.8 Å². The molecule has 0 spiro atoms. The summed E-state index contributed by atoms with van der Waals surface area (Å²) >= 11 is 0. The molecule has 4 fully saturated rings. The number of imide groups is 1. The van der Waals surface area contributed by atoms with Gasteiger partial charge in [0.15, 0.2) is 11.6 Å². The average molecular weight is 526 g/mol. The summed E-state index contributed by atoms with van der Waals surface area (Å²) in [6.45, 7) is 1.30. The molecule has 2 heterocycles. The molecule has 2 saturated heterocycles. The molecular weight excluding hydrogens is 495 g/mol. The van der Waals surface area contributed by atoms with Crippen LogP contribution in [0.25, 0.3) is 0 Å². The van der Waals surface area contributed by atoms with Crippen LogP contribution in [0.3, 0.4) is 0 Å². The van der Waals surface area contributed by atoms with Crippen LogP contribution in [0.2, 0.25) is 0 Å². The van der Waals surface area contributed by atoms with E-state index in [1.807, 2.05) is 12.1 Å². The smallest absolute Gasteiger partial charge is 0.419 e. The van der Waals surface area contributed by atoms with Crippen molar-refractivity contribution in [1.82, 2.24) is 9.80 Å². The zero-order valence-corrected chi connectivity index (χ0v) is 21.0. The topological polar surface area (TPSA) is 62.2 Å². The lowest BCUT2D eigenvalue weighted by molar-refractivity contribution is 0.118. The number of benzene rings is 2. The SMILES string of the molecule is O=C(N=C1CCN(C2CCC(c3ccccc3F)CC2)C1)N1C(=O)OC(C2CC2)C1c1ccc(F)c(F)c1. The van der Waals surface area contributed by atoms with E-state index in [1.54, 1.807) is 6.07 Å². The summed E-state index contributed by atoms with van der Waals surface area (Å²) in [5.41, 5.74) is 1.80. The molecule has 2 aromatic carbocycles. The Balaban J connectivity index is 1.13. The first-order valence-corrected chi connectivity index (χ1v) is 13.4. The van der Waals surface area contributed by atoms with Crippen LogP contribution in [-0.2, 0) is 4.74 Å². The summed E-state index contributed by atoms with van der Waals surface area (Å²) in [5.74, 6) is -1.86. The normalized spacial score (nSPS) is 29.2. The van der Waals surface area contributed by atoms with Gasteiger partial charge in [-0.05, 0) is 79.7 Å². The number of nitrogens with zero attached hydrogens (tertiary/aromatic N) is 3. The summed E-state index contributed by atoms with van der Waals surface area (Å²) in [7, 11) is 0. The lowest BCUT2D eigenvalue weighted by Gasteiger charge is -2.34. The molecule has 2 saturated carbocycles. The second-order valence-corrected chi connectivity index (χ2v) is 10.9. The van der Waals surface area contributed by atoms with Crippen LogP contribution in [0.5, 0.6) is 0 Å². The molecule has 2 aliphatic carbocycles. The number of urea groups is 1. The Morgan fingerprint density at radius 2 is 1.68 bits per heavy atom. The Hall–Kier alpha value is -3.20. The van der Waals surface area contributed by atoms with Crippen LogP contribution in [-0.4, -0.2) is 52.9 Å². The van der Waals surface area contributed by atoms with E-state index in [0.717, 1.165) is 67.7 Å². The predicted molar refractivity (Wildman–Crippen MR) is 134 cm³/mol. The Morgan fingerprint density at radius 1 is 0.921 bits per heavy atom. The van der Waals surface area contributed by atoms with E-state index < -0.39 is 35.9 Å². The summed E-state index contributed by atoms with van der Waals surface area (Å²) < 4.78 is 47.4. The molecule has 38 heavy (non-hydrogen) atoms. The van der Waals surface area contributed by atoms with E-state index in [1.165, 1.54) is 12.1 Å². The van der Waals surface area contributed by atoms with Gasteiger partial charge < -0.3 is 4.74 Å². The van der Waals surface area contributed by atoms with Crippen molar-refractivity contribution in [3.05, 3.63) is 71.0 Å². The third-order valence-corrected chi connectivity index (χ3v) is 8.49. The standard InChI is InChI=1S/C29H30F3N3O3/c30-23-4-2-1-3-22(23)17-7-10-21(11-8-17)34-14-13-20(16-34)33-28(36)35-26(19-9-12-24(31)25(32)15-19)27(18-5-6-18)38-29(35)37/h1-4,9,12,15,17-18,21,26-27H,5-8,10-11,13-14,16H2. The van der Waals surface area contributed by atoms with Crippen molar-refractivity contribution in [2.45, 2.75) is 69.1 Å². The number of halogens is 3. The summed E-state index contributed by atoms with van der Waals surface area (Å²) in [6, 6.07) is 9.17. The predicted octanol–water partition coefficient (Wildman–Crippen LogP) is 6.37. The van der Waals surface area contributed by atoms with Crippen molar-refractivity contribution >= 4 is 17.8 Å². The number of hydrogen-bond acceptors (Lipinski definition) is 4. The highest BCUT2D eigenvalue weighted by Crippen LogP contribution is 2.46. The van der Waals surface area contributed by atoms with E-state index in [2.05, 4.69) is 9.89 Å². The Kier molecular flexibility index (Phi) is 6.72. The molecular formula is C29H30F3N3O3. The van der Waals surface area contributed by atoms with Gasteiger partial charge in [0.2, 0.25) is 0 Å². The van der Waals surface area contributed by atoms with Gasteiger partial charge >= 0.3 is 12.1 Å². The van der Waals surface area contributed by atoms with E-state index in [4.69, 9.17) is 4.74 Å². The van der Waals surface area contributed by atoms with Crippen LogP contribution >= 0.6 is 0 Å². The quantitative estimate of drug-likeness (QED) is 0.466. The van der Waals surface area contributed by atoms with E-state index in [-0.39, 0.29) is 17.7 Å².